The Morgan fingerprint density at radius 3 is 2.59 bits per heavy atom. The molecule has 1 aliphatic carbocycles. The number of anilines is 1. The third kappa shape index (κ3) is 2.42. The van der Waals surface area contributed by atoms with Crippen LogP contribution in [0, 0.1) is 6.92 Å². The van der Waals surface area contributed by atoms with Crippen molar-refractivity contribution in [1.29, 1.82) is 0 Å². The zero-order valence-corrected chi connectivity index (χ0v) is 10.3. The van der Waals surface area contributed by atoms with E-state index in [-0.39, 0.29) is 11.4 Å². The van der Waals surface area contributed by atoms with E-state index in [1.54, 1.807) is 6.07 Å². The van der Waals surface area contributed by atoms with Crippen LogP contribution in [-0.4, -0.2) is 11.4 Å². The maximum atomic E-state index is 12.0. The Bertz CT molecular complexity index is 438. The van der Waals surface area contributed by atoms with Gasteiger partial charge in [0.05, 0.1) is 5.69 Å². The number of nitrogens with two attached hydrogens (primary N) is 1. The lowest BCUT2D eigenvalue weighted by atomic mass is 9.78. The quantitative estimate of drug-likeness (QED) is 0.552. The van der Waals surface area contributed by atoms with Gasteiger partial charge in [-0.25, -0.2) is 0 Å². The number of nitrogen functional groups attached to an aromatic ring is 1. The van der Waals surface area contributed by atoms with E-state index in [0.717, 1.165) is 24.1 Å². The maximum Gasteiger partial charge on any atom is 0.251 e. The molecule has 0 radical (unpaired) electrons. The first-order valence-electron chi connectivity index (χ1n) is 5.94. The average Bonchev–Trinajstić information content (AvgIpc) is 2.26. The number of nitrogens with one attached hydrogen (secondary N) is 2. The summed E-state index contributed by atoms with van der Waals surface area (Å²) in [5.41, 5.74) is 5.10. The monoisotopic (exact) mass is 233 g/mol. The van der Waals surface area contributed by atoms with E-state index < -0.39 is 0 Å². The molecular weight excluding hydrogens is 214 g/mol. The Hall–Kier alpha value is -1.55. The molecule has 2 rings (SSSR count). The Balaban J connectivity index is 2.11. The maximum absolute atomic E-state index is 12.0. The van der Waals surface area contributed by atoms with E-state index in [1.165, 1.54) is 6.42 Å². The van der Waals surface area contributed by atoms with Crippen molar-refractivity contribution >= 4 is 11.6 Å². The molecule has 0 heterocycles. The molecule has 0 saturated heterocycles. The molecule has 1 amide bonds. The first kappa shape index (κ1) is 11.9. The molecule has 1 saturated carbocycles. The zero-order valence-electron chi connectivity index (χ0n) is 10.3. The van der Waals surface area contributed by atoms with Gasteiger partial charge in [0.1, 0.15) is 0 Å². The van der Waals surface area contributed by atoms with E-state index in [1.807, 2.05) is 19.1 Å². The van der Waals surface area contributed by atoms with Crippen molar-refractivity contribution in [3.8, 4) is 0 Å². The smallest absolute Gasteiger partial charge is 0.251 e. The van der Waals surface area contributed by atoms with Crippen LogP contribution < -0.4 is 16.6 Å². The number of amides is 1. The topological polar surface area (TPSA) is 67.2 Å². The highest BCUT2D eigenvalue weighted by Crippen LogP contribution is 2.31. The van der Waals surface area contributed by atoms with Crippen LogP contribution in [0.5, 0.6) is 0 Å². The fraction of sp³-hybridized carbons (Fsp3) is 0.462. The predicted molar refractivity (Wildman–Crippen MR) is 68.7 cm³/mol. The molecule has 0 aliphatic heterocycles. The second-order valence-corrected chi connectivity index (χ2v) is 5.04. The number of hydrazine groups is 1. The SMILES string of the molecule is Cc1cc(C(=O)NC2(C)CCC2)ccc1NN. The summed E-state index contributed by atoms with van der Waals surface area (Å²) >= 11 is 0. The van der Waals surface area contributed by atoms with Crippen LogP contribution in [0.2, 0.25) is 0 Å². The fourth-order valence-corrected chi connectivity index (χ4v) is 2.15. The molecule has 1 fully saturated rings. The molecule has 0 unspecified atom stereocenters. The minimum atomic E-state index is -0.00419. The second-order valence-electron chi connectivity index (χ2n) is 5.04. The number of rotatable bonds is 3. The summed E-state index contributed by atoms with van der Waals surface area (Å²) in [5, 5.41) is 3.08. The van der Waals surface area contributed by atoms with Crippen molar-refractivity contribution in [2.45, 2.75) is 38.6 Å². The molecule has 0 aromatic heterocycles. The number of carbonyl (C=O) groups excluding carboxylic acids is 1. The Kier molecular flexibility index (Phi) is 3.07. The molecule has 4 heteroatoms. The van der Waals surface area contributed by atoms with Gasteiger partial charge >= 0.3 is 0 Å². The molecule has 0 spiro atoms. The zero-order chi connectivity index (χ0) is 12.5. The van der Waals surface area contributed by atoms with E-state index in [9.17, 15) is 4.79 Å². The lowest BCUT2D eigenvalue weighted by Crippen LogP contribution is -2.50. The third-order valence-corrected chi connectivity index (χ3v) is 3.52. The van der Waals surface area contributed by atoms with Crippen LogP contribution in [0.4, 0.5) is 5.69 Å². The second kappa shape index (κ2) is 4.37. The van der Waals surface area contributed by atoms with Gasteiger partial charge in [0.15, 0.2) is 0 Å². The van der Waals surface area contributed by atoms with E-state index >= 15 is 0 Å². The van der Waals surface area contributed by atoms with Crippen molar-refractivity contribution < 1.29 is 4.79 Å². The average molecular weight is 233 g/mol. The number of benzene rings is 1. The number of hydrogen-bond donors (Lipinski definition) is 3. The van der Waals surface area contributed by atoms with Gasteiger partial charge in [-0.3, -0.25) is 10.6 Å². The molecular formula is C13H19N3O. The summed E-state index contributed by atoms with van der Waals surface area (Å²) in [6.45, 7) is 4.02. The highest BCUT2D eigenvalue weighted by molar-refractivity contribution is 5.95. The highest BCUT2D eigenvalue weighted by Gasteiger charge is 2.33. The van der Waals surface area contributed by atoms with E-state index in [0.29, 0.717) is 5.56 Å². The van der Waals surface area contributed by atoms with Gasteiger partial charge in [0.25, 0.3) is 5.91 Å². The molecule has 0 bridgehead atoms. The highest BCUT2D eigenvalue weighted by atomic mass is 16.1. The molecule has 4 nitrogen and oxygen atoms in total. The molecule has 1 aromatic rings. The molecule has 0 atom stereocenters. The lowest BCUT2D eigenvalue weighted by molar-refractivity contribution is 0.0850. The van der Waals surface area contributed by atoms with Gasteiger partial charge in [-0.15, -0.1) is 0 Å². The first-order valence-corrected chi connectivity index (χ1v) is 5.94. The third-order valence-electron chi connectivity index (χ3n) is 3.52. The molecule has 17 heavy (non-hydrogen) atoms. The van der Waals surface area contributed by atoms with Crippen molar-refractivity contribution in [3.63, 3.8) is 0 Å². The molecule has 1 aliphatic rings. The molecule has 92 valence electrons. The van der Waals surface area contributed by atoms with Crippen molar-refractivity contribution in [2.75, 3.05) is 5.43 Å². The van der Waals surface area contributed by atoms with Crippen molar-refractivity contribution in [2.24, 2.45) is 5.84 Å². The number of hydrogen-bond acceptors (Lipinski definition) is 3. The van der Waals surface area contributed by atoms with Gasteiger partial charge in [-0.05, 0) is 56.9 Å². The van der Waals surface area contributed by atoms with Crippen LogP contribution >= 0.6 is 0 Å². The summed E-state index contributed by atoms with van der Waals surface area (Å²) in [7, 11) is 0. The number of aryl methyl sites for hydroxylation is 1. The predicted octanol–water partition coefficient (Wildman–Crippen LogP) is 1.95. The van der Waals surface area contributed by atoms with Crippen LogP contribution in [0.15, 0.2) is 18.2 Å². The van der Waals surface area contributed by atoms with Crippen molar-refractivity contribution in [1.82, 2.24) is 5.32 Å². The number of carbonyl (C=O) groups is 1. The minimum absolute atomic E-state index is 0.00104. The minimum Gasteiger partial charge on any atom is -0.347 e. The van der Waals surface area contributed by atoms with E-state index in [4.69, 9.17) is 5.84 Å². The standard InChI is InChI=1S/C13H19N3O/c1-9-8-10(4-5-11(9)16-14)12(17)15-13(2)6-3-7-13/h4-5,8,16H,3,6-7,14H2,1-2H3,(H,15,17). The van der Waals surface area contributed by atoms with Crippen LogP contribution in [-0.2, 0) is 0 Å². The van der Waals surface area contributed by atoms with Gasteiger partial charge in [0, 0.05) is 11.1 Å². The Morgan fingerprint density at radius 2 is 2.12 bits per heavy atom. The first-order chi connectivity index (χ1) is 8.04. The van der Waals surface area contributed by atoms with Gasteiger partial charge < -0.3 is 10.7 Å². The van der Waals surface area contributed by atoms with Crippen LogP contribution in [0.1, 0.15) is 42.1 Å². The summed E-state index contributed by atoms with van der Waals surface area (Å²) in [4.78, 5) is 12.0. The fourth-order valence-electron chi connectivity index (χ4n) is 2.15. The van der Waals surface area contributed by atoms with E-state index in [2.05, 4.69) is 17.7 Å². The van der Waals surface area contributed by atoms with Crippen LogP contribution in [0.25, 0.3) is 0 Å². The molecule has 4 N–H and O–H groups in total. The summed E-state index contributed by atoms with van der Waals surface area (Å²) in [5.74, 6) is 5.36. The normalized spacial score (nSPS) is 17.1. The largest absolute Gasteiger partial charge is 0.347 e. The van der Waals surface area contributed by atoms with Crippen molar-refractivity contribution in [3.05, 3.63) is 29.3 Å². The summed E-state index contributed by atoms with van der Waals surface area (Å²) in [6, 6.07) is 5.47. The lowest BCUT2D eigenvalue weighted by Gasteiger charge is -2.39. The van der Waals surface area contributed by atoms with Gasteiger partial charge in [-0.2, -0.15) is 0 Å². The Labute approximate surface area is 102 Å². The molecule has 1 aromatic carbocycles. The van der Waals surface area contributed by atoms with Gasteiger partial charge in [0.2, 0.25) is 0 Å². The Morgan fingerprint density at radius 1 is 1.41 bits per heavy atom. The summed E-state index contributed by atoms with van der Waals surface area (Å²) < 4.78 is 0. The van der Waals surface area contributed by atoms with Crippen LogP contribution in [0.3, 0.4) is 0 Å². The van der Waals surface area contributed by atoms with Gasteiger partial charge in [-0.1, -0.05) is 0 Å². The summed E-state index contributed by atoms with van der Waals surface area (Å²) in [6.07, 6.45) is 3.34.